The minimum atomic E-state index is -1.31. The average Bonchev–Trinajstić information content (AvgIpc) is 0.843. The van der Waals surface area contributed by atoms with Crippen LogP contribution in [0, 0.1) is 46.5 Å². The van der Waals surface area contributed by atoms with E-state index in [0.717, 1.165) is 39.8 Å². The topological polar surface area (TPSA) is 19.4 Å². The molecule has 5 aromatic heterocycles. The van der Waals surface area contributed by atoms with Gasteiger partial charge in [-0.15, -0.1) is 0 Å². The Balaban J connectivity index is 0.000000148. The van der Waals surface area contributed by atoms with Gasteiger partial charge in [0.15, 0.2) is 31.0 Å². The number of pyridine rings is 5. The second-order valence-electron chi connectivity index (χ2n) is 32.7. The van der Waals surface area contributed by atoms with Gasteiger partial charge in [0.25, 0.3) is 0 Å². The van der Waals surface area contributed by atoms with Crippen LogP contribution in [-0.2, 0) is 48.0 Å². The summed E-state index contributed by atoms with van der Waals surface area (Å²) >= 11 is 0. The SMILES string of the molecule is Cc1ccccc1-c1cc(-c2ccc(CC(C)C)cc2)cc[n+]1C.Cc1ccccc1-c1cc(-c2cccc(C(C)C)c2)cc[n+]1C.[2H]C(C)(C)c1ccc(-c2cc[n+](C)c(-c3ccccc3C)c2)cc1.[2H]C(C)(C)c1cccc(-c2cc[n+](C)c(-c3ccccc3C)c2)c1.[2H]C([2H])(c1ccc(-c2cc[n+](C)c(-c3ccccc3C)c2)cc1)C(C)C. The molecule has 0 radical (unpaired) electrons. The summed E-state index contributed by atoms with van der Waals surface area (Å²) in [6.07, 6.45) is 10.4. The van der Waals surface area contributed by atoms with Gasteiger partial charge in [-0.1, -0.05) is 282 Å². The lowest BCUT2D eigenvalue weighted by atomic mass is 9.96. The molecule has 5 nitrogen and oxygen atoms in total. The Bertz CT molecular complexity index is 6020. The van der Waals surface area contributed by atoms with Gasteiger partial charge in [-0.25, -0.2) is 22.8 Å². The summed E-state index contributed by atoms with van der Waals surface area (Å²) in [5.41, 5.74) is 36.4. The maximum absolute atomic E-state index is 8.27. The van der Waals surface area contributed by atoms with E-state index in [2.05, 4.69) is 418 Å². The molecular weight excluding hydrogens is 1420 g/mol. The van der Waals surface area contributed by atoms with E-state index < -0.39 is 18.2 Å². The highest BCUT2D eigenvalue weighted by molar-refractivity contribution is 5.76. The zero-order valence-corrected chi connectivity index (χ0v) is 72.9. The minimum Gasteiger partial charge on any atom is -0.201 e. The van der Waals surface area contributed by atoms with Crippen molar-refractivity contribution in [1.82, 2.24) is 0 Å². The first kappa shape index (κ1) is 80.1. The summed E-state index contributed by atoms with van der Waals surface area (Å²) in [6, 6.07) is 107. The second kappa shape index (κ2) is 40.5. The van der Waals surface area contributed by atoms with Crippen LogP contribution in [0.1, 0.15) is 148 Å². The van der Waals surface area contributed by atoms with E-state index in [1.54, 1.807) is 0 Å². The summed E-state index contributed by atoms with van der Waals surface area (Å²) in [6.45, 7) is 31.3. The van der Waals surface area contributed by atoms with Crippen LogP contribution in [0.3, 0.4) is 0 Å². The Kier molecular flexibility index (Phi) is 27.7. The maximum atomic E-state index is 8.27. The average molecular weight is 1540 g/mol. The van der Waals surface area contributed by atoms with Crippen LogP contribution in [0.2, 0.25) is 0 Å². The number of hydrogen-bond donors (Lipinski definition) is 0. The molecule has 117 heavy (non-hydrogen) atoms. The lowest BCUT2D eigenvalue weighted by Crippen LogP contribution is -2.30. The number of aryl methyl sites for hydroxylation is 10. The molecule has 0 saturated carbocycles. The molecule has 0 fully saturated rings. The molecule has 5 heterocycles. The van der Waals surface area contributed by atoms with Crippen LogP contribution in [0.5, 0.6) is 0 Å². The van der Waals surface area contributed by atoms with Gasteiger partial charge in [-0.05, 0) is 219 Å². The van der Waals surface area contributed by atoms with Gasteiger partial charge in [-0.2, -0.15) is 0 Å². The fourth-order valence-corrected chi connectivity index (χ4v) is 14.9. The molecule has 10 aromatic carbocycles. The molecule has 0 bridgehead atoms. The smallest absolute Gasteiger partial charge is 0.201 e. The van der Waals surface area contributed by atoms with Crippen molar-refractivity contribution in [2.45, 2.75) is 134 Å². The monoisotopic (exact) mass is 1540 g/mol. The maximum Gasteiger partial charge on any atom is 0.213 e. The molecule has 0 unspecified atom stereocenters. The van der Waals surface area contributed by atoms with Crippen molar-refractivity contribution in [3.8, 4) is 112 Å². The van der Waals surface area contributed by atoms with Crippen molar-refractivity contribution in [2.24, 2.45) is 47.1 Å². The van der Waals surface area contributed by atoms with E-state index in [0.29, 0.717) is 11.8 Å². The number of aromatic nitrogens is 5. The van der Waals surface area contributed by atoms with Crippen LogP contribution < -0.4 is 22.8 Å². The highest BCUT2D eigenvalue weighted by atomic mass is 14.9. The van der Waals surface area contributed by atoms with Gasteiger partial charge in [0.1, 0.15) is 35.2 Å². The van der Waals surface area contributed by atoms with E-state index in [4.69, 9.17) is 5.48 Å². The third kappa shape index (κ3) is 22.7. The molecule has 0 aliphatic carbocycles. The first-order valence-electron chi connectivity index (χ1n) is 43.4. The number of nitrogens with zero attached hydrogens (tertiary/aromatic N) is 5. The summed E-state index contributed by atoms with van der Waals surface area (Å²) in [5, 5.41) is 0. The minimum absolute atomic E-state index is 0.0585. The predicted molar refractivity (Wildman–Crippen MR) is 495 cm³/mol. The van der Waals surface area contributed by atoms with E-state index >= 15 is 0 Å². The third-order valence-electron chi connectivity index (χ3n) is 21.9. The van der Waals surface area contributed by atoms with Gasteiger partial charge in [-0.3, -0.25) is 0 Å². The van der Waals surface area contributed by atoms with Crippen molar-refractivity contribution >= 4 is 0 Å². The molecule has 0 saturated heterocycles. The largest absolute Gasteiger partial charge is 0.213 e. The van der Waals surface area contributed by atoms with Gasteiger partial charge < -0.3 is 0 Å². The molecule has 0 aliphatic heterocycles. The van der Waals surface area contributed by atoms with Gasteiger partial charge in [0.05, 0.1) is 0 Å². The fraction of sp³-hybridized carbons (Fsp3) is 0.241. The highest BCUT2D eigenvalue weighted by Gasteiger charge is 2.21. The Morgan fingerprint density at radius 1 is 0.239 bits per heavy atom. The quantitative estimate of drug-likeness (QED) is 0.0810. The van der Waals surface area contributed by atoms with E-state index in [1.165, 1.54) is 134 Å². The first-order chi connectivity index (χ1) is 57.6. The van der Waals surface area contributed by atoms with Crippen LogP contribution in [-0.4, -0.2) is 0 Å². The molecule has 0 atom stereocenters. The van der Waals surface area contributed by atoms with Crippen LogP contribution in [0.4, 0.5) is 0 Å². The third-order valence-corrected chi connectivity index (χ3v) is 21.9. The molecule has 0 amide bonds. The first-order valence-corrected chi connectivity index (χ1v) is 41.4. The van der Waals surface area contributed by atoms with E-state index in [-0.39, 0.29) is 5.92 Å². The van der Waals surface area contributed by atoms with E-state index in [1.807, 2.05) is 77.9 Å². The van der Waals surface area contributed by atoms with Crippen LogP contribution >= 0.6 is 0 Å². The Hall–Kier alpha value is -12.1. The highest BCUT2D eigenvalue weighted by Crippen LogP contribution is 2.34. The van der Waals surface area contributed by atoms with Crippen molar-refractivity contribution in [1.29, 1.82) is 0 Å². The Morgan fingerprint density at radius 3 is 0.769 bits per heavy atom. The van der Waals surface area contributed by atoms with Gasteiger partial charge >= 0.3 is 0 Å². The van der Waals surface area contributed by atoms with Gasteiger partial charge in [0, 0.05) is 94.0 Å². The Labute approximate surface area is 707 Å². The van der Waals surface area contributed by atoms with E-state index in [9.17, 15) is 0 Å². The molecule has 15 rings (SSSR count). The normalized spacial score (nSPS) is 11.8. The van der Waals surface area contributed by atoms with Crippen LogP contribution in [0.15, 0.2) is 334 Å². The van der Waals surface area contributed by atoms with Crippen molar-refractivity contribution in [2.75, 3.05) is 0 Å². The second-order valence-corrected chi connectivity index (χ2v) is 32.7. The number of benzene rings is 10. The Morgan fingerprint density at radius 2 is 0.496 bits per heavy atom. The predicted octanol–water partition coefficient (Wildman–Crippen LogP) is 26.5. The summed E-state index contributed by atoms with van der Waals surface area (Å²) < 4.78 is 43.8. The zero-order chi connectivity index (χ0) is 87.0. The molecule has 592 valence electrons. The van der Waals surface area contributed by atoms with Crippen LogP contribution in [0.25, 0.3) is 112 Å². The van der Waals surface area contributed by atoms with Crippen molar-refractivity contribution in [3.63, 3.8) is 0 Å². The molecule has 0 N–H and O–H groups in total. The van der Waals surface area contributed by atoms with Gasteiger partial charge in [0.2, 0.25) is 28.5 Å². The molecular formula is C112H124N5+5. The molecule has 0 spiro atoms. The molecule has 15 aromatic rings. The van der Waals surface area contributed by atoms with Crippen molar-refractivity contribution < 1.29 is 28.3 Å². The summed E-state index contributed by atoms with van der Waals surface area (Å²) in [5.74, 6) is 0.0316. The standard InChI is InChI=1S/2C23H26N.3C22H24N/c2*1-17(2)15-19-9-11-20(12-10-19)21-13-14-24(4)23(16-21)22-8-6-5-7-18(22)3;2*1-16(2)18-9-7-10-19(14-18)20-12-13-23(4)22(15-20)21-11-6-5-8-17(21)3;1-16(2)18-9-11-19(12-10-18)20-13-14-23(4)22(15-20)21-8-6-5-7-17(21)3/h2*5-14,16-17H,15H2,1-4H3;3*5-16H,1-4H3/q5*+1/i15D2;;16D;;16D. The number of rotatable bonds is 17. The lowest BCUT2D eigenvalue weighted by molar-refractivity contribution is -0.660. The molecule has 0 aliphatic rings. The summed E-state index contributed by atoms with van der Waals surface area (Å²) in [7, 11) is 10.4. The zero-order valence-electron chi connectivity index (χ0n) is 76.9. The fourth-order valence-electron chi connectivity index (χ4n) is 14.9. The number of hydrogen-bond acceptors (Lipinski definition) is 0. The summed E-state index contributed by atoms with van der Waals surface area (Å²) in [4.78, 5) is 0. The molecule has 5 heteroatoms. The lowest BCUT2D eigenvalue weighted by Gasteiger charge is -2.10. The van der Waals surface area contributed by atoms with Crippen molar-refractivity contribution in [3.05, 3.63) is 390 Å².